The van der Waals surface area contributed by atoms with E-state index < -0.39 is 0 Å². The molecule has 1 aliphatic carbocycles. The van der Waals surface area contributed by atoms with Crippen LogP contribution in [0.5, 0.6) is 0 Å². The number of hydrogen-bond donors (Lipinski definition) is 2. The lowest BCUT2D eigenvalue weighted by molar-refractivity contribution is -0.122. The van der Waals surface area contributed by atoms with E-state index in [2.05, 4.69) is 24.5 Å². The van der Waals surface area contributed by atoms with Gasteiger partial charge in [0.2, 0.25) is 5.91 Å². The van der Waals surface area contributed by atoms with Crippen molar-refractivity contribution in [1.82, 2.24) is 10.6 Å². The molecule has 2 N–H and O–H groups in total. The SMILES string of the molecule is CCNCCC(=O)NC1CCCC(C)C1. The Hall–Kier alpha value is -0.570. The Balaban J connectivity index is 2.13. The van der Waals surface area contributed by atoms with Gasteiger partial charge in [0.1, 0.15) is 0 Å². The molecule has 15 heavy (non-hydrogen) atoms. The number of nitrogens with one attached hydrogen (secondary N) is 2. The molecule has 0 aliphatic heterocycles. The lowest BCUT2D eigenvalue weighted by Crippen LogP contribution is -2.39. The average Bonchev–Trinajstić information content (AvgIpc) is 2.18. The van der Waals surface area contributed by atoms with Crippen LogP contribution < -0.4 is 10.6 Å². The van der Waals surface area contributed by atoms with E-state index in [1.807, 2.05) is 0 Å². The zero-order valence-electron chi connectivity index (χ0n) is 10.0. The molecule has 1 fully saturated rings. The normalized spacial score (nSPS) is 26.3. The number of rotatable bonds is 5. The molecule has 88 valence electrons. The van der Waals surface area contributed by atoms with Gasteiger partial charge in [0.05, 0.1) is 0 Å². The Morgan fingerprint density at radius 3 is 2.87 bits per heavy atom. The van der Waals surface area contributed by atoms with Crippen molar-refractivity contribution in [3.63, 3.8) is 0 Å². The maximum absolute atomic E-state index is 11.5. The summed E-state index contributed by atoms with van der Waals surface area (Å²) < 4.78 is 0. The quantitative estimate of drug-likeness (QED) is 0.681. The third kappa shape index (κ3) is 5.17. The third-order valence-electron chi connectivity index (χ3n) is 3.08. The van der Waals surface area contributed by atoms with Gasteiger partial charge in [0.25, 0.3) is 0 Å². The summed E-state index contributed by atoms with van der Waals surface area (Å²) in [5.74, 6) is 0.980. The standard InChI is InChI=1S/C12H24N2O/c1-3-13-8-7-12(15)14-11-6-4-5-10(2)9-11/h10-11,13H,3-9H2,1-2H3,(H,14,15). The van der Waals surface area contributed by atoms with Gasteiger partial charge in [-0.05, 0) is 25.3 Å². The van der Waals surface area contributed by atoms with Crippen LogP contribution in [0.1, 0.15) is 46.0 Å². The first kappa shape index (κ1) is 12.5. The Bertz CT molecular complexity index is 194. The Labute approximate surface area is 93.0 Å². The summed E-state index contributed by atoms with van der Waals surface area (Å²) in [6, 6.07) is 0.433. The van der Waals surface area contributed by atoms with Gasteiger partial charge in [-0.25, -0.2) is 0 Å². The minimum Gasteiger partial charge on any atom is -0.353 e. The van der Waals surface area contributed by atoms with Gasteiger partial charge in [-0.1, -0.05) is 26.7 Å². The smallest absolute Gasteiger partial charge is 0.221 e. The average molecular weight is 212 g/mol. The van der Waals surface area contributed by atoms with Gasteiger partial charge < -0.3 is 10.6 Å². The van der Waals surface area contributed by atoms with Gasteiger partial charge in [0, 0.05) is 19.0 Å². The van der Waals surface area contributed by atoms with Crippen molar-refractivity contribution in [1.29, 1.82) is 0 Å². The van der Waals surface area contributed by atoms with Crippen molar-refractivity contribution in [2.24, 2.45) is 5.92 Å². The summed E-state index contributed by atoms with van der Waals surface area (Å²) in [6.07, 6.45) is 5.52. The minimum atomic E-state index is 0.204. The molecule has 0 aromatic rings. The van der Waals surface area contributed by atoms with Crippen LogP contribution >= 0.6 is 0 Å². The summed E-state index contributed by atoms with van der Waals surface area (Å²) in [6.45, 7) is 6.07. The lowest BCUT2D eigenvalue weighted by atomic mass is 9.87. The molecule has 0 aromatic heterocycles. The van der Waals surface area contributed by atoms with E-state index in [-0.39, 0.29) is 5.91 Å². The molecule has 3 heteroatoms. The highest BCUT2D eigenvalue weighted by Crippen LogP contribution is 2.23. The van der Waals surface area contributed by atoms with Gasteiger partial charge in [-0.15, -0.1) is 0 Å². The van der Waals surface area contributed by atoms with E-state index in [0.29, 0.717) is 12.5 Å². The molecule has 0 saturated heterocycles. The molecule has 2 unspecified atom stereocenters. The van der Waals surface area contributed by atoms with Crippen molar-refractivity contribution in [3.05, 3.63) is 0 Å². The van der Waals surface area contributed by atoms with Crippen molar-refractivity contribution >= 4 is 5.91 Å². The molecule has 0 radical (unpaired) electrons. The molecule has 1 aliphatic rings. The van der Waals surface area contributed by atoms with Gasteiger partial charge in [-0.3, -0.25) is 4.79 Å². The summed E-state index contributed by atoms with van der Waals surface area (Å²) in [5, 5.41) is 6.29. The summed E-state index contributed by atoms with van der Waals surface area (Å²) in [4.78, 5) is 11.5. The molecular weight excluding hydrogens is 188 g/mol. The maximum Gasteiger partial charge on any atom is 0.221 e. The topological polar surface area (TPSA) is 41.1 Å². The molecule has 1 amide bonds. The largest absolute Gasteiger partial charge is 0.353 e. The fourth-order valence-corrected chi connectivity index (χ4v) is 2.24. The van der Waals surface area contributed by atoms with Crippen LogP contribution in [0.3, 0.4) is 0 Å². The highest BCUT2D eigenvalue weighted by molar-refractivity contribution is 5.76. The fraction of sp³-hybridized carbons (Fsp3) is 0.917. The van der Waals surface area contributed by atoms with E-state index in [1.165, 1.54) is 12.8 Å². The molecule has 0 spiro atoms. The molecule has 3 nitrogen and oxygen atoms in total. The van der Waals surface area contributed by atoms with Crippen molar-refractivity contribution in [2.75, 3.05) is 13.1 Å². The van der Waals surface area contributed by atoms with Crippen LogP contribution in [-0.4, -0.2) is 25.0 Å². The molecule has 1 rings (SSSR count). The molecule has 0 heterocycles. The Kier molecular flexibility index (Phi) is 5.69. The highest BCUT2D eigenvalue weighted by atomic mass is 16.1. The fourth-order valence-electron chi connectivity index (χ4n) is 2.24. The van der Waals surface area contributed by atoms with Crippen LogP contribution in [0.4, 0.5) is 0 Å². The zero-order valence-corrected chi connectivity index (χ0v) is 10.0. The molecule has 1 saturated carbocycles. The second-order valence-electron chi connectivity index (χ2n) is 4.64. The zero-order chi connectivity index (χ0) is 11.1. The lowest BCUT2D eigenvalue weighted by Gasteiger charge is -2.27. The predicted molar refractivity (Wildman–Crippen MR) is 62.7 cm³/mol. The van der Waals surface area contributed by atoms with E-state index in [1.54, 1.807) is 0 Å². The van der Waals surface area contributed by atoms with E-state index >= 15 is 0 Å². The molecule has 0 bridgehead atoms. The molecular formula is C12H24N2O. The van der Waals surface area contributed by atoms with E-state index in [9.17, 15) is 4.79 Å². The maximum atomic E-state index is 11.5. The number of hydrogen-bond acceptors (Lipinski definition) is 2. The monoisotopic (exact) mass is 212 g/mol. The van der Waals surface area contributed by atoms with Crippen molar-refractivity contribution in [3.8, 4) is 0 Å². The first-order chi connectivity index (χ1) is 7.22. The number of amides is 1. The highest BCUT2D eigenvalue weighted by Gasteiger charge is 2.19. The minimum absolute atomic E-state index is 0.204. The Morgan fingerprint density at radius 2 is 2.20 bits per heavy atom. The second kappa shape index (κ2) is 6.83. The van der Waals surface area contributed by atoms with Gasteiger partial charge in [-0.2, -0.15) is 0 Å². The molecule has 2 atom stereocenters. The Morgan fingerprint density at radius 1 is 1.40 bits per heavy atom. The van der Waals surface area contributed by atoms with E-state index in [4.69, 9.17) is 0 Å². The van der Waals surface area contributed by atoms with Crippen LogP contribution in [0.25, 0.3) is 0 Å². The first-order valence-electron chi connectivity index (χ1n) is 6.22. The first-order valence-corrected chi connectivity index (χ1v) is 6.22. The van der Waals surface area contributed by atoms with Crippen molar-refractivity contribution in [2.45, 2.75) is 52.0 Å². The number of carbonyl (C=O) groups is 1. The van der Waals surface area contributed by atoms with Gasteiger partial charge in [0.15, 0.2) is 0 Å². The summed E-state index contributed by atoms with van der Waals surface area (Å²) >= 11 is 0. The predicted octanol–water partition coefficient (Wildman–Crippen LogP) is 1.68. The van der Waals surface area contributed by atoms with Crippen LogP contribution in [0.2, 0.25) is 0 Å². The summed E-state index contributed by atoms with van der Waals surface area (Å²) in [5.41, 5.74) is 0. The van der Waals surface area contributed by atoms with Crippen LogP contribution in [-0.2, 0) is 4.79 Å². The number of carbonyl (C=O) groups excluding carboxylic acids is 1. The molecule has 0 aromatic carbocycles. The third-order valence-corrected chi connectivity index (χ3v) is 3.08. The van der Waals surface area contributed by atoms with E-state index in [0.717, 1.165) is 31.8 Å². The van der Waals surface area contributed by atoms with Crippen molar-refractivity contribution < 1.29 is 4.79 Å². The second-order valence-corrected chi connectivity index (χ2v) is 4.64. The van der Waals surface area contributed by atoms with Crippen LogP contribution in [0, 0.1) is 5.92 Å². The van der Waals surface area contributed by atoms with Crippen LogP contribution in [0.15, 0.2) is 0 Å². The van der Waals surface area contributed by atoms with Gasteiger partial charge >= 0.3 is 0 Å². The summed E-state index contributed by atoms with van der Waals surface area (Å²) in [7, 11) is 0.